The van der Waals surface area contributed by atoms with Gasteiger partial charge < -0.3 is 4.74 Å². The summed E-state index contributed by atoms with van der Waals surface area (Å²) in [6.45, 7) is 3.63. The molecule has 0 radical (unpaired) electrons. The molecular formula is C21H28F4O. The predicted octanol–water partition coefficient (Wildman–Crippen LogP) is 6.72. The Bertz CT molecular complexity index is 615. The summed E-state index contributed by atoms with van der Waals surface area (Å²) in [4.78, 5) is 0. The van der Waals surface area contributed by atoms with Gasteiger partial charge in [0, 0.05) is 0 Å². The van der Waals surface area contributed by atoms with Gasteiger partial charge in [0.05, 0.1) is 11.7 Å². The van der Waals surface area contributed by atoms with E-state index in [1.54, 1.807) is 0 Å². The number of rotatable bonds is 4. The van der Waals surface area contributed by atoms with E-state index in [2.05, 4.69) is 6.92 Å². The normalized spacial score (nSPS) is 30.4. The van der Waals surface area contributed by atoms with E-state index in [0.29, 0.717) is 24.7 Å². The van der Waals surface area contributed by atoms with E-state index in [4.69, 9.17) is 4.74 Å². The third kappa shape index (κ3) is 4.24. The Balaban J connectivity index is 1.57. The lowest BCUT2D eigenvalue weighted by Gasteiger charge is -2.37. The molecule has 2 aliphatic rings. The first-order chi connectivity index (χ1) is 12.3. The number of aryl methyl sites for hydroxylation is 1. The number of halogens is 4. The molecule has 26 heavy (non-hydrogen) atoms. The van der Waals surface area contributed by atoms with Gasteiger partial charge in [-0.25, -0.2) is 8.78 Å². The van der Waals surface area contributed by atoms with Crippen LogP contribution in [-0.4, -0.2) is 6.10 Å². The van der Waals surface area contributed by atoms with Gasteiger partial charge in [0.2, 0.25) is 0 Å². The predicted molar refractivity (Wildman–Crippen MR) is 92.9 cm³/mol. The van der Waals surface area contributed by atoms with Crippen molar-refractivity contribution < 1.29 is 22.3 Å². The van der Waals surface area contributed by atoms with Crippen LogP contribution in [0.25, 0.3) is 0 Å². The molecule has 0 spiro atoms. The fraction of sp³-hybridized carbons (Fsp3) is 0.714. The molecule has 0 aromatic heterocycles. The van der Waals surface area contributed by atoms with E-state index in [1.165, 1.54) is 32.6 Å². The van der Waals surface area contributed by atoms with Crippen molar-refractivity contribution in [2.75, 3.05) is 0 Å². The molecule has 2 fully saturated rings. The molecule has 1 nitrogen and oxygen atoms in total. The Morgan fingerprint density at radius 2 is 1.38 bits per heavy atom. The van der Waals surface area contributed by atoms with Crippen molar-refractivity contribution in [3.05, 3.63) is 34.9 Å². The maximum absolute atomic E-state index is 14.4. The van der Waals surface area contributed by atoms with Crippen molar-refractivity contribution in [2.45, 2.75) is 77.4 Å². The van der Waals surface area contributed by atoms with Crippen LogP contribution in [0, 0.1) is 36.3 Å². The molecule has 0 heterocycles. The van der Waals surface area contributed by atoms with Gasteiger partial charge in [-0.2, -0.15) is 8.78 Å². The molecule has 0 N–H and O–H groups in total. The molecule has 0 bridgehead atoms. The Kier molecular flexibility index (Phi) is 5.95. The third-order valence-corrected chi connectivity index (χ3v) is 6.35. The Hall–Kier alpha value is -1.10. The summed E-state index contributed by atoms with van der Waals surface area (Å²) in [5.74, 6) is -0.656. The second-order valence-electron chi connectivity index (χ2n) is 8.25. The van der Waals surface area contributed by atoms with Crippen molar-refractivity contribution in [2.24, 2.45) is 17.8 Å². The summed E-state index contributed by atoms with van der Waals surface area (Å²) in [7, 11) is 0. The largest absolute Gasteiger partial charge is 0.386 e. The molecule has 0 amide bonds. The molecule has 0 atom stereocenters. The topological polar surface area (TPSA) is 9.23 Å². The average Bonchev–Trinajstić information content (AvgIpc) is 2.60. The van der Waals surface area contributed by atoms with Crippen LogP contribution >= 0.6 is 0 Å². The molecular weight excluding hydrogens is 344 g/mol. The van der Waals surface area contributed by atoms with E-state index >= 15 is 0 Å². The van der Waals surface area contributed by atoms with Gasteiger partial charge in [0.1, 0.15) is 0 Å². The van der Waals surface area contributed by atoms with Crippen LogP contribution in [0.4, 0.5) is 17.6 Å². The summed E-state index contributed by atoms with van der Waals surface area (Å²) >= 11 is 0. The second kappa shape index (κ2) is 7.87. The van der Waals surface area contributed by atoms with Gasteiger partial charge in [-0.1, -0.05) is 25.8 Å². The van der Waals surface area contributed by atoms with Gasteiger partial charge in [-0.3, -0.25) is 0 Å². The van der Waals surface area contributed by atoms with E-state index in [9.17, 15) is 17.6 Å². The summed E-state index contributed by atoms with van der Waals surface area (Å²) in [6, 6.07) is 2.08. The fourth-order valence-corrected chi connectivity index (χ4v) is 4.58. The number of alkyl halides is 2. The standard InChI is InChI=1S/C21H28F4O/c1-13-3-6-15(7-4-13)16-8-10-17(11-9-16)26-21(24,25)18-12-5-14(2)19(22)20(18)23/h5,12-13,15-17H,3-4,6-11H2,1-2H3. The van der Waals surface area contributed by atoms with Gasteiger partial charge in [0.15, 0.2) is 11.6 Å². The van der Waals surface area contributed by atoms with E-state index in [1.807, 2.05) is 0 Å². The maximum Gasteiger partial charge on any atom is 0.386 e. The van der Waals surface area contributed by atoms with E-state index in [0.717, 1.165) is 30.9 Å². The van der Waals surface area contributed by atoms with Crippen LogP contribution < -0.4 is 0 Å². The minimum atomic E-state index is -3.81. The van der Waals surface area contributed by atoms with Crippen LogP contribution in [0.2, 0.25) is 0 Å². The molecule has 0 unspecified atom stereocenters. The first-order valence-corrected chi connectivity index (χ1v) is 9.78. The first kappa shape index (κ1) is 19.7. The molecule has 3 rings (SSSR count). The zero-order chi connectivity index (χ0) is 18.9. The molecule has 5 heteroatoms. The molecule has 2 saturated carbocycles. The minimum Gasteiger partial charge on any atom is -0.313 e. The van der Waals surface area contributed by atoms with Crippen molar-refractivity contribution >= 4 is 0 Å². The van der Waals surface area contributed by atoms with Crippen LogP contribution in [-0.2, 0) is 10.8 Å². The smallest absolute Gasteiger partial charge is 0.313 e. The summed E-state index contributed by atoms with van der Waals surface area (Å²) in [6.07, 6.45) is 3.46. The Morgan fingerprint density at radius 1 is 0.846 bits per heavy atom. The van der Waals surface area contributed by atoms with Gasteiger partial charge in [-0.05, 0) is 74.8 Å². The van der Waals surface area contributed by atoms with Crippen molar-refractivity contribution in [3.8, 4) is 0 Å². The SMILES string of the molecule is Cc1ccc(C(F)(F)OC2CCC(C3CCC(C)CC3)CC2)c(F)c1F. The van der Waals surface area contributed by atoms with Gasteiger partial charge in [-0.15, -0.1) is 0 Å². The highest BCUT2D eigenvalue weighted by molar-refractivity contribution is 5.27. The molecule has 2 aliphatic carbocycles. The van der Waals surface area contributed by atoms with Crippen LogP contribution in [0.1, 0.15) is 69.4 Å². The highest BCUT2D eigenvalue weighted by atomic mass is 19.3. The van der Waals surface area contributed by atoms with Crippen molar-refractivity contribution in [1.29, 1.82) is 0 Å². The monoisotopic (exact) mass is 372 g/mol. The van der Waals surface area contributed by atoms with E-state index < -0.39 is 29.4 Å². The minimum absolute atomic E-state index is 0.00404. The highest BCUT2D eigenvalue weighted by Crippen LogP contribution is 2.42. The number of hydrogen-bond donors (Lipinski definition) is 0. The van der Waals surface area contributed by atoms with Crippen LogP contribution in [0.3, 0.4) is 0 Å². The Morgan fingerprint density at radius 3 is 1.96 bits per heavy atom. The van der Waals surface area contributed by atoms with Crippen molar-refractivity contribution in [3.63, 3.8) is 0 Å². The Labute approximate surface area is 153 Å². The summed E-state index contributed by atoms with van der Waals surface area (Å²) in [5.41, 5.74) is -1.01. The highest BCUT2D eigenvalue weighted by Gasteiger charge is 2.41. The fourth-order valence-electron chi connectivity index (χ4n) is 4.58. The quantitative estimate of drug-likeness (QED) is 0.533. The van der Waals surface area contributed by atoms with Gasteiger partial charge in [0.25, 0.3) is 0 Å². The van der Waals surface area contributed by atoms with Gasteiger partial charge >= 0.3 is 6.11 Å². The van der Waals surface area contributed by atoms with E-state index in [-0.39, 0.29) is 5.56 Å². The summed E-state index contributed by atoms with van der Waals surface area (Å²) in [5, 5.41) is 0. The zero-order valence-corrected chi connectivity index (χ0v) is 15.5. The molecule has 1 aromatic rings. The maximum atomic E-state index is 14.4. The number of ether oxygens (including phenoxy) is 1. The first-order valence-electron chi connectivity index (χ1n) is 9.78. The number of benzene rings is 1. The lowest BCUT2D eigenvalue weighted by molar-refractivity contribution is -0.279. The van der Waals surface area contributed by atoms with Crippen LogP contribution in [0.5, 0.6) is 0 Å². The molecule has 146 valence electrons. The third-order valence-electron chi connectivity index (χ3n) is 6.35. The molecule has 0 saturated heterocycles. The summed E-state index contributed by atoms with van der Waals surface area (Å²) < 4.78 is 61.2. The lowest BCUT2D eigenvalue weighted by atomic mass is 9.71. The van der Waals surface area contributed by atoms with Crippen molar-refractivity contribution in [1.82, 2.24) is 0 Å². The second-order valence-corrected chi connectivity index (χ2v) is 8.25. The average molecular weight is 372 g/mol. The molecule has 1 aromatic carbocycles. The molecule has 0 aliphatic heterocycles. The van der Waals surface area contributed by atoms with Crippen LogP contribution in [0.15, 0.2) is 12.1 Å². The number of hydrogen-bond acceptors (Lipinski definition) is 1. The lowest BCUT2D eigenvalue weighted by Crippen LogP contribution is -2.33. The zero-order valence-electron chi connectivity index (χ0n) is 15.5.